The van der Waals surface area contributed by atoms with Crippen molar-refractivity contribution in [1.82, 2.24) is 19.9 Å². The Labute approximate surface area is 140 Å². The zero-order valence-corrected chi connectivity index (χ0v) is 13.7. The molecule has 0 bridgehead atoms. The van der Waals surface area contributed by atoms with Crippen LogP contribution in [-0.2, 0) is 13.6 Å². The minimum absolute atomic E-state index is 0.187. The van der Waals surface area contributed by atoms with Crippen LogP contribution in [0.1, 0.15) is 12.1 Å². The highest BCUT2D eigenvalue weighted by molar-refractivity contribution is 6.33. The number of aryl methyl sites for hydroxylation is 1. The topological polar surface area (TPSA) is 63.0 Å². The van der Waals surface area contributed by atoms with Gasteiger partial charge in [0.2, 0.25) is 0 Å². The summed E-state index contributed by atoms with van der Waals surface area (Å²) in [6.07, 6.45) is 2.39. The van der Waals surface area contributed by atoms with Crippen molar-refractivity contribution >= 4 is 22.6 Å². The summed E-state index contributed by atoms with van der Waals surface area (Å²) in [5.74, 6) is 0.829. The van der Waals surface area contributed by atoms with E-state index >= 15 is 0 Å². The summed E-state index contributed by atoms with van der Waals surface area (Å²) < 4.78 is 2.04. The van der Waals surface area contributed by atoms with Crippen molar-refractivity contribution in [3.8, 4) is 11.4 Å². The van der Waals surface area contributed by atoms with Gasteiger partial charge in [-0.05, 0) is 31.2 Å². The van der Waals surface area contributed by atoms with E-state index in [1.165, 1.54) is 0 Å². The van der Waals surface area contributed by atoms with Crippen molar-refractivity contribution in [1.29, 1.82) is 0 Å². The van der Waals surface area contributed by atoms with E-state index < -0.39 is 0 Å². The Kier molecular flexibility index (Phi) is 4.91. The third kappa shape index (κ3) is 3.37. The first-order valence-electron chi connectivity index (χ1n) is 7.58. The molecule has 0 atom stereocenters. The lowest BCUT2D eigenvalue weighted by molar-refractivity contribution is 0.286. The average molecular weight is 331 g/mol. The van der Waals surface area contributed by atoms with Crippen LogP contribution in [0.5, 0.6) is 0 Å². The average Bonchev–Trinajstić information content (AvgIpc) is 2.90. The lowest BCUT2D eigenvalue weighted by Gasteiger charge is -2.08. The van der Waals surface area contributed by atoms with Gasteiger partial charge >= 0.3 is 0 Å². The molecule has 5 nitrogen and oxygen atoms in total. The van der Waals surface area contributed by atoms with Crippen molar-refractivity contribution in [2.24, 2.45) is 7.05 Å². The quantitative estimate of drug-likeness (QED) is 0.682. The monoisotopic (exact) mass is 330 g/mol. The maximum absolute atomic E-state index is 8.81. The van der Waals surface area contributed by atoms with E-state index in [4.69, 9.17) is 21.7 Å². The maximum Gasteiger partial charge on any atom is 0.142 e. The number of pyridine rings is 1. The molecule has 0 spiro atoms. The van der Waals surface area contributed by atoms with Crippen molar-refractivity contribution in [3.05, 3.63) is 47.2 Å². The van der Waals surface area contributed by atoms with Crippen LogP contribution in [0.2, 0.25) is 5.02 Å². The van der Waals surface area contributed by atoms with Crippen LogP contribution in [0.15, 0.2) is 36.5 Å². The number of aromatic nitrogens is 3. The summed E-state index contributed by atoms with van der Waals surface area (Å²) >= 11 is 6.34. The summed E-state index contributed by atoms with van der Waals surface area (Å²) in [6.45, 7) is 1.57. The Morgan fingerprint density at radius 3 is 2.91 bits per heavy atom. The summed E-state index contributed by atoms with van der Waals surface area (Å²) in [5, 5.41) is 12.6. The van der Waals surface area contributed by atoms with Gasteiger partial charge in [0, 0.05) is 32.0 Å². The second kappa shape index (κ2) is 7.08. The van der Waals surface area contributed by atoms with Gasteiger partial charge in [0.05, 0.1) is 21.7 Å². The lowest BCUT2D eigenvalue weighted by atomic mass is 10.2. The van der Waals surface area contributed by atoms with Gasteiger partial charge in [-0.15, -0.1) is 0 Å². The number of fused-ring (bicyclic) bond motifs is 1. The molecular formula is C17H19ClN4O. The molecule has 0 radical (unpaired) electrons. The fourth-order valence-corrected chi connectivity index (χ4v) is 2.74. The van der Waals surface area contributed by atoms with Crippen LogP contribution in [0.4, 0.5) is 0 Å². The molecule has 0 aliphatic rings. The van der Waals surface area contributed by atoms with Gasteiger partial charge in [-0.1, -0.05) is 23.7 Å². The third-order valence-electron chi connectivity index (χ3n) is 3.76. The van der Waals surface area contributed by atoms with Crippen LogP contribution < -0.4 is 5.32 Å². The number of hydrogen-bond acceptors (Lipinski definition) is 4. The predicted octanol–water partition coefficient (Wildman–Crippen LogP) is 2.76. The molecule has 2 aromatic heterocycles. The number of para-hydroxylation sites is 2. The van der Waals surface area contributed by atoms with Gasteiger partial charge in [-0.3, -0.25) is 4.98 Å². The SMILES string of the molecule is Cn1c(-c2cc(CNCCCO)ncc2Cl)nc2ccccc21. The summed E-state index contributed by atoms with van der Waals surface area (Å²) in [7, 11) is 1.99. The number of aliphatic hydroxyl groups is 1. The van der Waals surface area contributed by atoms with Crippen LogP contribution in [0, 0.1) is 0 Å². The molecule has 3 rings (SSSR count). The number of halogens is 1. The van der Waals surface area contributed by atoms with Crippen LogP contribution >= 0.6 is 11.6 Å². The number of rotatable bonds is 6. The minimum atomic E-state index is 0.187. The summed E-state index contributed by atoms with van der Waals surface area (Å²) in [5.41, 5.74) is 3.78. The largest absolute Gasteiger partial charge is 0.396 e. The highest BCUT2D eigenvalue weighted by Gasteiger charge is 2.13. The van der Waals surface area contributed by atoms with Crippen LogP contribution in [-0.4, -0.2) is 32.8 Å². The standard InChI is InChI=1S/C17H19ClN4O/c1-22-16-6-3-2-5-15(16)21-17(22)13-9-12(20-11-14(13)18)10-19-7-4-8-23/h2-3,5-6,9,11,19,23H,4,7-8,10H2,1H3. The van der Waals surface area contributed by atoms with Crippen molar-refractivity contribution in [3.63, 3.8) is 0 Å². The third-order valence-corrected chi connectivity index (χ3v) is 4.06. The van der Waals surface area contributed by atoms with Crippen molar-refractivity contribution < 1.29 is 5.11 Å². The molecule has 0 aliphatic carbocycles. The zero-order chi connectivity index (χ0) is 16.2. The molecule has 1 aromatic carbocycles. The van der Waals surface area contributed by atoms with Gasteiger partial charge in [0.1, 0.15) is 5.82 Å². The molecule has 0 unspecified atom stereocenters. The van der Waals surface area contributed by atoms with Gasteiger partial charge < -0.3 is 15.0 Å². The molecular weight excluding hydrogens is 312 g/mol. The molecule has 6 heteroatoms. The van der Waals surface area contributed by atoms with Gasteiger partial charge in [-0.25, -0.2) is 4.98 Å². The Bertz CT molecular complexity index is 815. The molecule has 2 N–H and O–H groups in total. The van der Waals surface area contributed by atoms with E-state index in [0.29, 0.717) is 11.6 Å². The van der Waals surface area contributed by atoms with Crippen LogP contribution in [0.3, 0.4) is 0 Å². The van der Waals surface area contributed by atoms with E-state index in [2.05, 4.69) is 10.3 Å². The number of imidazole rings is 1. The molecule has 0 fully saturated rings. The first-order chi connectivity index (χ1) is 11.2. The normalized spacial score (nSPS) is 11.3. The highest BCUT2D eigenvalue weighted by Crippen LogP contribution is 2.29. The molecule has 3 aromatic rings. The van der Waals surface area contributed by atoms with E-state index in [1.807, 2.05) is 41.9 Å². The smallest absolute Gasteiger partial charge is 0.142 e. The Balaban J connectivity index is 1.93. The maximum atomic E-state index is 8.81. The highest BCUT2D eigenvalue weighted by atomic mass is 35.5. The summed E-state index contributed by atoms with van der Waals surface area (Å²) in [6, 6.07) is 9.97. The molecule has 0 saturated heterocycles. The van der Waals surface area contributed by atoms with E-state index in [-0.39, 0.29) is 6.61 Å². The Hall–Kier alpha value is -1.95. The van der Waals surface area contributed by atoms with Gasteiger partial charge in [0.15, 0.2) is 0 Å². The lowest BCUT2D eigenvalue weighted by Crippen LogP contribution is -2.16. The Morgan fingerprint density at radius 2 is 2.13 bits per heavy atom. The van der Waals surface area contributed by atoms with Crippen molar-refractivity contribution in [2.45, 2.75) is 13.0 Å². The number of hydrogen-bond donors (Lipinski definition) is 2. The van der Waals surface area contributed by atoms with Gasteiger partial charge in [0.25, 0.3) is 0 Å². The predicted molar refractivity (Wildman–Crippen MR) is 92.4 cm³/mol. The molecule has 2 heterocycles. The second-order valence-corrected chi connectivity index (χ2v) is 5.80. The van der Waals surface area contributed by atoms with E-state index in [1.54, 1.807) is 6.20 Å². The van der Waals surface area contributed by atoms with Gasteiger partial charge in [-0.2, -0.15) is 0 Å². The molecule has 120 valence electrons. The first kappa shape index (κ1) is 15.9. The summed E-state index contributed by atoms with van der Waals surface area (Å²) in [4.78, 5) is 9.04. The number of nitrogens with one attached hydrogen (secondary N) is 1. The van der Waals surface area contributed by atoms with Crippen molar-refractivity contribution in [2.75, 3.05) is 13.2 Å². The zero-order valence-electron chi connectivity index (χ0n) is 13.0. The number of aliphatic hydroxyl groups excluding tert-OH is 1. The first-order valence-corrected chi connectivity index (χ1v) is 7.96. The number of benzene rings is 1. The molecule has 0 aliphatic heterocycles. The fraction of sp³-hybridized carbons (Fsp3) is 0.294. The van der Waals surface area contributed by atoms with Crippen LogP contribution in [0.25, 0.3) is 22.4 Å². The minimum Gasteiger partial charge on any atom is -0.396 e. The molecule has 0 saturated carbocycles. The van der Waals surface area contributed by atoms with E-state index in [9.17, 15) is 0 Å². The Morgan fingerprint density at radius 1 is 1.30 bits per heavy atom. The number of nitrogens with zero attached hydrogens (tertiary/aromatic N) is 3. The molecule has 23 heavy (non-hydrogen) atoms. The fourth-order valence-electron chi connectivity index (χ4n) is 2.56. The molecule has 0 amide bonds. The second-order valence-electron chi connectivity index (χ2n) is 5.39. The van der Waals surface area contributed by atoms with E-state index in [0.717, 1.165) is 41.1 Å².